The molecule has 1 unspecified atom stereocenters. The smallest absolute Gasteiger partial charge is 0.337 e. The summed E-state index contributed by atoms with van der Waals surface area (Å²) in [6.07, 6.45) is 3.67. The van der Waals surface area contributed by atoms with Crippen LogP contribution in [0.2, 0.25) is 0 Å². The first-order valence-electron chi connectivity index (χ1n) is 6.86. The van der Waals surface area contributed by atoms with E-state index in [1.165, 1.54) is 26.4 Å². The zero-order valence-electron chi connectivity index (χ0n) is 11.9. The molecule has 0 radical (unpaired) electrons. The fourth-order valence-corrected chi connectivity index (χ4v) is 2.68. The van der Waals surface area contributed by atoms with E-state index in [2.05, 4.69) is 11.0 Å². The van der Waals surface area contributed by atoms with E-state index in [9.17, 15) is 4.79 Å². The Labute approximate surface area is 126 Å². The number of rotatable bonds is 4. The zero-order valence-corrected chi connectivity index (χ0v) is 12.7. The number of carbonyl (C=O) groups is 1. The van der Waals surface area contributed by atoms with E-state index in [1.807, 2.05) is 12.1 Å². The van der Waals surface area contributed by atoms with Gasteiger partial charge in [-0.25, -0.2) is 4.79 Å². The number of hydrogen-bond donors (Lipinski definition) is 1. The number of nitrogens with zero attached hydrogens (tertiary/aromatic N) is 1. The molecule has 1 atom stereocenters. The van der Waals surface area contributed by atoms with E-state index < -0.39 is 0 Å². The summed E-state index contributed by atoms with van der Waals surface area (Å²) in [5, 5.41) is 0. The molecule has 0 aliphatic carbocycles. The highest BCUT2D eigenvalue weighted by molar-refractivity contribution is 5.89. The van der Waals surface area contributed by atoms with E-state index in [1.54, 1.807) is 6.07 Å². The van der Waals surface area contributed by atoms with Crippen LogP contribution in [0.15, 0.2) is 24.3 Å². The summed E-state index contributed by atoms with van der Waals surface area (Å²) in [4.78, 5) is 13.9. The third-order valence-electron chi connectivity index (χ3n) is 3.75. The Balaban J connectivity index is 0.00000200. The monoisotopic (exact) mass is 298 g/mol. The highest BCUT2D eigenvalue weighted by Crippen LogP contribution is 2.19. The Morgan fingerprint density at radius 2 is 2.25 bits per heavy atom. The van der Waals surface area contributed by atoms with Crippen molar-refractivity contribution in [3.63, 3.8) is 0 Å². The minimum Gasteiger partial charge on any atom is -0.465 e. The van der Waals surface area contributed by atoms with Crippen LogP contribution in [0, 0.1) is 0 Å². The van der Waals surface area contributed by atoms with Gasteiger partial charge in [0, 0.05) is 19.1 Å². The minimum absolute atomic E-state index is 0. The fraction of sp³-hybridized carbons (Fsp3) is 0.533. The van der Waals surface area contributed by atoms with Gasteiger partial charge in [-0.1, -0.05) is 18.6 Å². The van der Waals surface area contributed by atoms with Gasteiger partial charge in [0.15, 0.2) is 0 Å². The van der Waals surface area contributed by atoms with Crippen molar-refractivity contribution in [1.82, 2.24) is 4.90 Å². The van der Waals surface area contributed by atoms with Crippen molar-refractivity contribution in [2.24, 2.45) is 5.73 Å². The molecule has 1 fully saturated rings. The molecule has 4 nitrogen and oxygen atoms in total. The highest BCUT2D eigenvalue weighted by Gasteiger charge is 2.21. The zero-order chi connectivity index (χ0) is 13.7. The first-order valence-corrected chi connectivity index (χ1v) is 6.86. The Bertz CT molecular complexity index is 440. The van der Waals surface area contributed by atoms with E-state index in [4.69, 9.17) is 10.5 Å². The number of methoxy groups -OCH3 is 1. The summed E-state index contributed by atoms with van der Waals surface area (Å²) in [6.45, 7) is 2.65. The van der Waals surface area contributed by atoms with Gasteiger partial charge in [-0.2, -0.15) is 0 Å². The molecule has 2 N–H and O–H groups in total. The molecule has 0 bridgehead atoms. The SMILES string of the molecule is COC(=O)c1cccc(CN2CCCCC2CN)c1.Cl. The molecular formula is C15H23ClN2O2. The number of benzene rings is 1. The van der Waals surface area contributed by atoms with Crippen LogP contribution in [-0.4, -0.2) is 37.1 Å². The first kappa shape index (κ1) is 17.0. The van der Waals surface area contributed by atoms with Crippen LogP contribution in [0.5, 0.6) is 0 Å². The molecule has 0 saturated carbocycles. The van der Waals surface area contributed by atoms with Crippen molar-refractivity contribution in [3.8, 4) is 0 Å². The van der Waals surface area contributed by atoms with Gasteiger partial charge in [0.2, 0.25) is 0 Å². The van der Waals surface area contributed by atoms with Gasteiger partial charge in [-0.3, -0.25) is 4.90 Å². The molecule has 0 amide bonds. The lowest BCUT2D eigenvalue weighted by molar-refractivity contribution is 0.0600. The van der Waals surface area contributed by atoms with E-state index in [0.29, 0.717) is 18.2 Å². The van der Waals surface area contributed by atoms with Gasteiger partial charge >= 0.3 is 5.97 Å². The van der Waals surface area contributed by atoms with Crippen LogP contribution in [-0.2, 0) is 11.3 Å². The average molecular weight is 299 g/mol. The van der Waals surface area contributed by atoms with Crippen LogP contribution < -0.4 is 5.73 Å². The number of esters is 1. The van der Waals surface area contributed by atoms with Crippen LogP contribution in [0.1, 0.15) is 35.2 Å². The molecule has 1 saturated heterocycles. The maximum absolute atomic E-state index is 11.5. The van der Waals surface area contributed by atoms with Gasteiger partial charge in [-0.05, 0) is 37.1 Å². The third kappa shape index (κ3) is 4.20. The van der Waals surface area contributed by atoms with Crippen molar-refractivity contribution in [2.45, 2.75) is 31.8 Å². The van der Waals surface area contributed by atoms with Gasteiger partial charge in [0.05, 0.1) is 12.7 Å². The predicted octanol–water partition coefficient (Wildman–Crippen LogP) is 2.21. The normalized spacial score (nSPS) is 19.2. The second-order valence-electron chi connectivity index (χ2n) is 5.05. The standard InChI is InChI=1S/C15H22N2O2.ClH/c1-19-15(18)13-6-4-5-12(9-13)11-17-8-3-2-7-14(17)10-16;/h4-6,9,14H,2-3,7-8,10-11,16H2,1H3;1H. The lowest BCUT2D eigenvalue weighted by Gasteiger charge is -2.35. The molecule has 1 heterocycles. The van der Waals surface area contributed by atoms with E-state index in [-0.39, 0.29) is 18.4 Å². The third-order valence-corrected chi connectivity index (χ3v) is 3.75. The van der Waals surface area contributed by atoms with Crippen molar-refractivity contribution in [2.75, 3.05) is 20.2 Å². The molecule has 0 spiro atoms. The minimum atomic E-state index is -0.282. The van der Waals surface area contributed by atoms with Crippen LogP contribution in [0.25, 0.3) is 0 Å². The molecule has 1 aromatic rings. The number of carbonyl (C=O) groups excluding carboxylic acids is 1. The van der Waals surface area contributed by atoms with Gasteiger partial charge in [0.1, 0.15) is 0 Å². The quantitative estimate of drug-likeness (QED) is 0.866. The maximum Gasteiger partial charge on any atom is 0.337 e. The maximum atomic E-state index is 11.5. The van der Waals surface area contributed by atoms with Crippen molar-refractivity contribution < 1.29 is 9.53 Å². The number of nitrogens with two attached hydrogens (primary N) is 1. The molecule has 1 aliphatic heterocycles. The summed E-state index contributed by atoms with van der Waals surface area (Å²) in [7, 11) is 1.41. The molecule has 5 heteroatoms. The molecular weight excluding hydrogens is 276 g/mol. The topological polar surface area (TPSA) is 55.6 Å². The molecule has 0 aromatic heterocycles. The molecule has 20 heavy (non-hydrogen) atoms. The number of hydrogen-bond acceptors (Lipinski definition) is 4. The summed E-state index contributed by atoms with van der Waals surface area (Å²) >= 11 is 0. The van der Waals surface area contributed by atoms with Crippen molar-refractivity contribution >= 4 is 18.4 Å². The summed E-state index contributed by atoms with van der Waals surface area (Å²) < 4.78 is 4.75. The Kier molecular flexibility index (Phi) is 6.99. The molecule has 1 aromatic carbocycles. The lowest BCUT2D eigenvalue weighted by atomic mass is 10.0. The molecule has 2 rings (SSSR count). The number of halogens is 1. The van der Waals surface area contributed by atoms with Gasteiger partial charge in [0.25, 0.3) is 0 Å². The summed E-state index contributed by atoms with van der Waals surface area (Å²) in [6, 6.07) is 8.12. The molecule has 112 valence electrons. The Morgan fingerprint density at radius 3 is 2.95 bits per heavy atom. The first-order chi connectivity index (χ1) is 9.24. The van der Waals surface area contributed by atoms with Crippen molar-refractivity contribution in [3.05, 3.63) is 35.4 Å². The second kappa shape index (κ2) is 8.25. The fourth-order valence-electron chi connectivity index (χ4n) is 2.68. The molecule has 1 aliphatic rings. The number of likely N-dealkylation sites (tertiary alicyclic amines) is 1. The number of ether oxygens (including phenoxy) is 1. The Morgan fingerprint density at radius 1 is 1.45 bits per heavy atom. The van der Waals surface area contributed by atoms with Gasteiger partial charge in [-0.15, -0.1) is 12.4 Å². The largest absolute Gasteiger partial charge is 0.465 e. The summed E-state index contributed by atoms with van der Waals surface area (Å²) in [5.74, 6) is -0.282. The van der Waals surface area contributed by atoms with E-state index in [0.717, 1.165) is 18.7 Å². The van der Waals surface area contributed by atoms with Crippen molar-refractivity contribution in [1.29, 1.82) is 0 Å². The highest BCUT2D eigenvalue weighted by atomic mass is 35.5. The van der Waals surface area contributed by atoms with Gasteiger partial charge < -0.3 is 10.5 Å². The van der Waals surface area contributed by atoms with E-state index >= 15 is 0 Å². The lowest BCUT2D eigenvalue weighted by Crippen LogP contribution is -2.43. The average Bonchev–Trinajstić information content (AvgIpc) is 2.47. The van der Waals surface area contributed by atoms with Crippen LogP contribution in [0.4, 0.5) is 0 Å². The summed E-state index contributed by atoms with van der Waals surface area (Å²) in [5.41, 5.74) is 7.59. The second-order valence-corrected chi connectivity index (χ2v) is 5.05. The van der Waals surface area contributed by atoms with Crippen LogP contribution >= 0.6 is 12.4 Å². The van der Waals surface area contributed by atoms with Crippen LogP contribution in [0.3, 0.4) is 0 Å². The Hall–Kier alpha value is -1.10. The predicted molar refractivity (Wildman–Crippen MR) is 82.1 cm³/mol. The number of piperidine rings is 1.